The lowest BCUT2D eigenvalue weighted by Crippen LogP contribution is -2.25. The molecule has 0 rings (SSSR count). The Bertz CT molecular complexity index is 578. The van der Waals surface area contributed by atoms with Crippen molar-refractivity contribution >= 4 is 5.97 Å². The van der Waals surface area contributed by atoms with Gasteiger partial charge in [-0.2, -0.15) is 0 Å². The second kappa shape index (κ2) is 20.4. The van der Waals surface area contributed by atoms with Crippen molar-refractivity contribution in [2.24, 2.45) is 0 Å². The molecule has 3 atom stereocenters. The van der Waals surface area contributed by atoms with Gasteiger partial charge in [0.2, 0.25) is 0 Å². The topological polar surface area (TPSA) is 83.5 Å². The van der Waals surface area contributed by atoms with Gasteiger partial charge in [-0.1, -0.05) is 37.2 Å². The molecule has 170 valence electrons. The number of hydrogen-bond donors (Lipinski definition) is 1. The molecule has 0 aliphatic heterocycles. The van der Waals surface area contributed by atoms with Gasteiger partial charge in [0.15, 0.2) is 0 Å². The number of aliphatic hydroxyl groups is 1. The lowest BCUT2D eigenvalue weighted by molar-refractivity contribution is -0.140. The van der Waals surface area contributed by atoms with Crippen LogP contribution in [-0.4, -0.2) is 64.3 Å². The van der Waals surface area contributed by atoms with E-state index in [0.29, 0.717) is 6.42 Å². The fraction of sp³-hybridized carbons (Fsp3) is 0.696. The highest BCUT2D eigenvalue weighted by molar-refractivity contribution is 5.68. The average molecular weight is 425 g/mol. The number of carbonyl (C=O) groups excluding carboxylic acids is 1. The largest absolute Gasteiger partial charge is 0.469 e. The summed E-state index contributed by atoms with van der Waals surface area (Å²) in [5, 5.41) is 9.63. The van der Waals surface area contributed by atoms with Gasteiger partial charge in [-0.15, -0.1) is 0 Å². The van der Waals surface area contributed by atoms with Gasteiger partial charge in [0, 0.05) is 20.6 Å². The van der Waals surface area contributed by atoms with E-state index < -0.39 is 18.3 Å². The molecule has 0 aliphatic rings. The van der Waals surface area contributed by atoms with E-state index in [1.54, 1.807) is 14.0 Å². The molecule has 0 aromatic carbocycles. The molecule has 0 saturated carbocycles. The molecule has 0 aromatic rings. The standard InChI is InChI=1S/C23H36O7/c1-20(24)22(30-19-27-3)16-13-12-15-21(29-18-26-2)14-10-8-6-5-7-9-11-17-23(25)28-4/h10,14,20-22,24H,5-9,11,17-19H2,1-4H3/b14-10-/t20-,21-,22+/m1/s1. The molecule has 0 radical (unpaired) electrons. The smallest absolute Gasteiger partial charge is 0.305 e. The third-order valence-corrected chi connectivity index (χ3v) is 3.95. The number of methoxy groups -OCH3 is 3. The van der Waals surface area contributed by atoms with Crippen LogP contribution in [0, 0.1) is 23.7 Å². The lowest BCUT2D eigenvalue weighted by atomic mass is 10.1. The van der Waals surface area contributed by atoms with Gasteiger partial charge in [-0.3, -0.25) is 4.79 Å². The van der Waals surface area contributed by atoms with Gasteiger partial charge in [0.1, 0.15) is 25.8 Å². The van der Waals surface area contributed by atoms with E-state index in [1.807, 2.05) is 12.2 Å². The predicted octanol–water partition coefficient (Wildman–Crippen LogP) is 2.81. The zero-order chi connectivity index (χ0) is 22.5. The Hall–Kier alpha value is -1.87. The molecule has 0 unspecified atom stereocenters. The first-order chi connectivity index (χ1) is 14.5. The molecule has 7 nitrogen and oxygen atoms in total. The van der Waals surface area contributed by atoms with E-state index in [0.717, 1.165) is 38.5 Å². The maximum Gasteiger partial charge on any atom is 0.305 e. The molecular formula is C23H36O7. The van der Waals surface area contributed by atoms with Crippen LogP contribution in [0.2, 0.25) is 0 Å². The molecule has 0 fully saturated rings. The summed E-state index contributed by atoms with van der Waals surface area (Å²) in [5.41, 5.74) is 0. The molecule has 0 bridgehead atoms. The first-order valence-corrected chi connectivity index (χ1v) is 10.2. The molecule has 0 saturated heterocycles. The van der Waals surface area contributed by atoms with Crippen LogP contribution >= 0.6 is 0 Å². The third kappa shape index (κ3) is 17.0. The van der Waals surface area contributed by atoms with E-state index in [1.165, 1.54) is 14.2 Å². The summed E-state index contributed by atoms with van der Waals surface area (Å²) in [4.78, 5) is 11.0. The maximum absolute atomic E-state index is 11.0. The molecule has 0 aromatic heterocycles. The average Bonchev–Trinajstić information content (AvgIpc) is 2.74. The minimum absolute atomic E-state index is 0.0469. The van der Waals surface area contributed by atoms with Crippen LogP contribution < -0.4 is 0 Å². The summed E-state index contributed by atoms with van der Waals surface area (Å²) < 4.78 is 25.2. The number of rotatable bonds is 16. The minimum Gasteiger partial charge on any atom is -0.469 e. The normalized spacial score (nSPS) is 13.6. The van der Waals surface area contributed by atoms with E-state index >= 15 is 0 Å². The Morgan fingerprint density at radius 2 is 1.57 bits per heavy atom. The molecular weight excluding hydrogens is 388 g/mol. The highest BCUT2D eigenvalue weighted by Gasteiger charge is 2.11. The first kappa shape index (κ1) is 28.1. The van der Waals surface area contributed by atoms with Crippen LogP contribution in [0.1, 0.15) is 51.9 Å². The van der Waals surface area contributed by atoms with Crippen LogP contribution in [0.15, 0.2) is 12.2 Å². The monoisotopic (exact) mass is 424 g/mol. The van der Waals surface area contributed by atoms with Gasteiger partial charge in [0.25, 0.3) is 0 Å². The fourth-order valence-corrected chi connectivity index (χ4v) is 2.33. The predicted molar refractivity (Wildman–Crippen MR) is 114 cm³/mol. The fourth-order valence-electron chi connectivity index (χ4n) is 2.33. The highest BCUT2D eigenvalue weighted by atomic mass is 16.7. The van der Waals surface area contributed by atoms with Crippen LogP contribution in [-0.2, 0) is 28.5 Å². The zero-order valence-corrected chi connectivity index (χ0v) is 18.6. The first-order valence-electron chi connectivity index (χ1n) is 10.2. The summed E-state index contributed by atoms with van der Waals surface area (Å²) in [7, 11) is 4.47. The number of hydrogen-bond acceptors (Lipinski definition) is 7. The third-order valence-electron chi connectivity index (χ3n) is 3.95. The summed E-state index contributed by atoms with van der Waals surface area (Å²) >= 11 is 0. The summed E-state index contributed by atoms with van der Waals surface area (Å²) in [6.45, 7) is 1.77. The van der Waals surface area contributed by atoms with Crippen LogP contribution in [0.4, 0.5) is 0 Å². The molecule has 1 N–H and O–H groups in total. The summed E-state index contributed by atoms with van der Waals surface area (Å²) in [6.07, 6.45) is 8.66. The van der Waals surface area contributed by atoms with Crippen molar-refractivity contribution in [1.29, 1.82) is 0 Å². The van der Waals surface area contributed by atoms with E-state index in [4.69, 9.17) is 18.9 Å². The van der Waals surface area contributed by atoms with Crippen molar-refractivity contribution in [3.05, 3.63) is 12.2 Å². The summed E-state index contributed by atoms with van der Waals surface area (Å²) in [5.74, 6) is 11.0. The molecule has 0 heterocycles. The highest BCUT2D eigenvalue weighted by Crippen LogP contribution is 2.08. The van der Waals surface area contributed by atoms with Crippen molar-refractivity contribution in [3.8, 4) is 23.7 Å². The SMILES string of the molecule is COCO[C@@H](C#CC#C[C@@H](/C=C\CCCCCCCC(=O)OC)OCOC)[C@@H](C)O. The second-order valence-corrected chi connectivity index (χ2v) is 6.58. The van der Waals surface area contributed by atoms with Crippen molar-refractivity contribution in [1.82, 2.24) is 0 Å². The van der Waals surface area contributed by atoms with Crippen LogP contribution in [0.3, 0.4) is 0 Å². The van der Waals surface area contributed by atoms with Gasteiger partial charge in [-0.05, 0) is 44.1 Å². The summed E-state index contributed by atoms with van der Waals surface area (Å²) in [6, 6.07) is 0. The zero-order valence-electron chi connectivity index (χ0n) is 18.6. The van der Waals surface area contributed by atoms with Gasteiger partial charge in [0.05, 0.1) is 13.2 Å². The molecule has 0 aliphatic carbocycles. The molecule has 30 heavy (non-hydrogen) atoms. The lowest BCUT2D eigenvalue weighted by Gasteiger charge is -2.13. The Morgan fingerprint density at radius 1 is 0.933 bits per heavy atom. The number of esters is 1. The molecule has 0 spiro atoms. The Balaban J connectivity index is 4.35. The Morgan fingerprint density at radius 3 is 2.23 bits per heavy atom. The maximum atomic E-state index is 11.0. The van der Waals surface area contributed by atoms with Crippen molar-refractivity contribution in [2.75, 3.05) is 34.9 Å². The van der Waals surface area contributed by atoms with Crippen LogP contribution in [0.5, 0.6) is 0 Å². The second-order valence-electron chi connectivity index (χ2n) is 6.58. The molecule has 7 heteroatoms. The number of unbranched alkanes of at least 4 members (excludes halogenated alkanes) is 5. The van der Waals surface area contributed by atoms with Crippen molar-refractivity contribution < 1.29 is 33.6 Å². The molecule has 0 amide bonds. The minimum atomic E-state index is -0.754. The Kier molecular flexibility index (Phi) is 19.1. The van der Waals surface area contributed by atoms with E-state index in [9.17, 15) is 9.90 Å². The van der Waals surface area contributed by atoms with Gasteiger partial charge >= 0.3 is 5.97 Å². The van der Waals surface area contributed by atoms with Crippen LogP contribution in [0.25, 0.3) is 0 Å². The van der Waals surface area contributed by atoms with Crippen molar-refractivity contribution in [3.63, 3.8) is 0 Å². The quantitative estimate of drug-likeness (QED) is 0.134. The van der Waals surface area contributed by atoms with E-state index in [2.05, 4.69) is 28.4 Å². The van der Waals surface area contributed by atoms with E-state index in [-0.39, 0.29) is 19.6 Å². The number of allylic oxidation sites excluding steroid dienone is 1. The number of ether oxygens (including phenoxy) is 5. The van der Waals surface area contributed by atoms with Gasteiger partial charge in [-0.25, -0.2) is 0 Å². The Labute approximate surface area is 181 Å². The number of carbonyl (C=O) groups is 1. The van der Waals surface area contributed by atoms with Crippen molar-refractivity contribution in [2.45, 2.75) is 70.2 Å². The number of aliphatic hydroxyl groups excluding tert-OH is 1. The van der Waals surface area contributed by atoms with Gasteiger partial charge < -0.3 is 28.8 Å².